The van der Waals surface area contributed by atoms with Gasteiger partial charge in [0, 0.05) is 0 Å². The monoisotopic (exact) mass is 206 g/mol. The van der Waals surface area contributed by atoms with Gasteiger partial charge in [-0.2, -0.15) is 5.26 Å². The quantitative estimate of drug-likeness (QED) is 0.589. The fourth-order valence-corrected chi connectivity index (χ4v) is 1.19. The van der Waals surface area contributed by atoms with Crippen molar-refractivity contribution in [3.05, 3.63) is 23.8 Å². The number of hydrogen-bond donors (Lipinski definition) is 1. The molecule has 0 heterocycles. The van der Waals surface area contributed by atoms with Crippen LogP contribution in [0.15, 0.2) is 18.2 Å². The Labute approximate surface area is 87.2 Å². The van der Waals surface area contributed by atoms with Crippen LogP contribution in [0, 0.1) is 11.5 Å². The van der Waals surface area contributed by atoms with Gasteiger partial charge in [-0.05, 0) is 12.1 Å². The Bertz CT molecular complexity index is 387. The highest BCUT2D eigenvalue weighted by atomic mass is 16.5. The minimum absolute atomic E-state index is 0.212. The molecule has 1 aromatic carbocycles. The highest BCUT2D eigenvalue weighted by molar-refractivity contribution is 6.00. The van der Waals surface area contributed by atoms with E-state index >= 15 is 0 Å². The molecule has 1 N–H and O–H groups in total. The molecule has 0 saturated heterocycles. The molecule has 0 bridgehead atoms. The van der Waals surface area contributed by atoms with Crippen LogP contribution in [0.2, 0.25) is 0 Å². The normalized spacial score (nSPS) is 8.87. The molecule has 78 valence electrons. The van der Waals surface area contributed by atoms with E-state index in [4.69, 9.17) is 14.7 Å². The van der Waals surface area contributed by atoms with E-state index in [0.29, 0.717) is 11.5 Å². The third-order valence-corrected chi connectivity index (χ3v) is 1.82. The second kappa shape index (κ2) is 4.86. The summed E-state index contributed by atoms with van der Waals surface area (Å²) in [6.45, 7) is 0. The van der Waals surface area contributed by atoms with Crippen LogP contribution in [-0.2, 0) is 0 Å². The van der Waals surface area contributed by atoms with Crippen molar-refractivity contribution in [3.8, 4) is 17.7 Å². The minimum Gasteiger partial charge on any atom is -0.496 e. The summed E-state index contributed by atoms with van der Waals surface area (Å²) < 4.78 is 10.0. The summed E-state index contributed by atoms with van der Waals surface area (Å²) in [6, 6.07) is 4.93. The molecule has 0 radical (unpaired) electrons. The van der Waals surface area contributed by atoms with Gasteiger partial charge in [0.25, 0.3) is 5.91 Å². The lowest BCUT2D eigenvalue weighted by Crippen LogP contribution is -2.19. The van der Waals surface area contributed by atoms with Crippen LogP contribution < -0.4 is 14.8 Å². The van der Waals surface area contributed by atoms with Crippen LogP contribution in [0.3, 0.4) is 0 Å². The average Bonchev–Trinajstić information content (AvgIpc) is 2.28. The van der Waals surface area contributed by atoms with E-state index in [1.165, 1.54) is 14.2 Å². The number of methoxy groups -OCH3 is 2. The molecule has 0 saturated carbocycles. The van der Waals surface area contributed by atoms with Crippen molar-refractivity contribution in [2.45, 2.75) is 0 Å². The molecule has 0 aromatic heterocycles. The van der Waals surface area contributed by atoms with E-state index < -0.39 is 5.91 Å². The zero-order valence-corrected chi connectivity index (χ0v) is 8.40. The maximum absolute atomic E-state index is 11.5. The third-order valence-electron chi connectivity index (χ3n) is 1.82. The fourth-order valence-electron chi connectivity index (χ4n) is 1.19. The number of nitrogens with zero attached hydrogens (tertiary/aromatic N) is 1. The molecule has 0 aliphatic carbocycles. The number of carbonyl (C=O) groups excluding carboxylic acids is 1. The maximum Gasteiger partial charge on any atom is 0.271 e. The number of hydrogen-bond acceptors (Lipinski definition) is 4. The number of rotatable bonds is 3. The molecule has 1 amide bonds. The Balaban J connectivity index is 3.23. The van der Waals surface area contributed by atoms with Crippen molar-refractivity contribution in [2.24, 2.45) is 0 Å². The molecule has 0 fully saturated rings. The van der Waals surface area contributed by atoms with E-state index in [1.807, 2.05) is 5.32 Å². The molecule has 5 heteroatoms. The summed E-state index contributed by atoms with van der Waals surface area (Å²) in [7, 11) is 2.88. The van der Waals surface area contributed by atoms with Gasteiger partial charge in [0.1, 0.15) is 17.1 Å². The summed E-state index contributed by atoms with van der Waals surface area (Å²) >= 11 is 0. The van der Waals surface area contributed by atoms with Crippen molar-refractivity contribution in [1.82, 2.24) is 5.32 Å². The average molecular weight is 206 g/mol. The topological polar surface area (TPSA) is 71.3 Å². The molecule has 1 rings (SSSR count). The Kier molecular flexibility index (Phi) is 3.52. The SMILES string of the molecule is COc1cccc(OC)c1C(=O)NC#N. The molecule has 0 unspecified atom stereocenters. The second-order valence-corrected chi connectivity index (χ2v) is 2.60. The molecule has 1 aromatic rings. The zero-order valence-electron chi connectivity index (χ0n) is 8.40. The van der Waals surface area contributed by atoms with Gasteiger partial charge in [0.15, 0.2) is 6.19 Å². The van der Waals surface area contributed by atoms with Crippen LogP contribution in [0.4, 0.5) is 0 Å². The van der Waals surface area contributed by atoms with Crippen LogP contribution in [0.5, 0.6) is 11.5 Å². The minimum atomic E-state index is -0.549. The lowest BCUT2D eigenvalue weighted by Gasteiger charge is -2.10. The molecule has 0 spiro atoms. The first-order valence-electron chi connectivity index (χ1n) is 4.15. The Morgan fingerprint density at radius 3 is 2.27 bits per heavy atom. The predicted octanol–water partition coefficient (Wildman–Crippen LogP) is 0.915. The van der Waals surface area contributed by atoms with E-state index in [-0.39, 0.29) is 5.56 Å². The first-order chi connectivity index (χ1) is 7.24. The largest absolute Gasteiger partial charge is 0.496 e. The van der Waals surface area contributed by atoms with Gasteiger partial charge < -0.3 is 9.47 Å². The molecule has 15 heavy (non-hydrogen) atoms. The Morgan fingerprint density at radius 2 is 1.87 bits per heavy atom. The van der Waals surface area contributed by atoms with Crippen molar-refractivity contribution in [3.63, 3.8) is 0 Å². The molecule has 5 nitrogen and oxygen atoms in total. The lowest BCUT2D eigenvalue weighted by molar-refractivity contribution is 0.0966. The van der Waals surface area contributed by atoms with E-state index in [2.05, 4.69) is 0 Å². The summed E-state index contributed by atoms with van der Waals surface area (Å²) in [4.78, 5) is 11.5. The first kappa shape index (κ1) is 10.9. The van der Waals surface area contributed by atoms with Crippen LogP contribution in [0.25, 0.3) is 0 Å². The molecular formula is C10H10N2O3. The summed E-state index contributed by atoms with van der Waals surface area (Å²) in [6.07, 6.45) is 1.56. The third kappa shape index (κ3) is 2.17. The number of nitriles is 1. The van der Waals surface area contributed by atoms with Gasteiger partial charge in [-0.1, -0.05) is 6.07 Å². The number of benzene rings is 1. The highest BCUT2D eigenvalue weighted by Gasteiger charge is 2.17. The van der Waals surface area contributed by atoms with Gasteiger partial charge in [-0.15, -0.1) is 0 Å². The van der Waals surface area contributed by atoms with Crippen molar-refractivity contribution in [1.29, 1.82) is 5.26 Å². The number of ether oxygens (including phenoxy) is 2. The Morgan fingerprint density at radius 1 is 1.33 bits per heavy atom. The van der Waals surface area contributed by atoms with Crippen LogP contribution in [-0.4, -0.2) is 20.1 Å². The van der Waals surface area contributed by atoms with Crippen molar-refractivity contribution >= 4 is 5.91 Å². The highest BCUT2D eigenvalue weighted by Crippen LogP contribution is 2.27. The number of amides is 1. The first-order valence-corrected chi connectivity index (χ1v) is 4.15. The predicted molar refractivity (Wildman–Crippen MR) is 52.6 cm³/mol. The smallest absolute Gasteiger partial charge is 0.271 e. The molecule has 0 aliphatic heterocycles. The van der Waals surface area contributed by atoms with Gasteiger partial charge in [-0.25, -0.2) is 0 Å². The standard InChI is InChI=1S/C10H10N2O3/c1-14-7-4-3-5-8(15-2)9(7)10(13)12-6-11/h3-5H,1-2H3,(H,12,13). The van der Waals surface area contributed by atoms with Crippen LogP contribution in [0.1, 0.15) is 10.4 Å². The van der Waals surface area contributed by atoms with Gasteiger partial charge in [-0.3, -0.25) is 10.1 Å². The number of carbonyl (C=O) groups is 1. The van der Waals surface area contributed by atoms with E-state index in [1.54, 1.807) is 24.4 Å². The van der Waals surface area contributed by atoms with E-state index in [9.17, 15) is 4.79 Å². The zero-order chi connectivity index (χ0) is 11.3. The summed E-state index contributed by atoms with van der Waals surface area (Å²) in [5.41, 5.74) is 0.212. The van der Waals surface area contributed by atoms with Crippen molar-refractivity contribution < 1.29 is 14.3 Å². The Hall–Kier alpha value is -2.22. The molecule has 0 aliphatic rings. The van der Waals surface area contributed by atoms with Crippen molar-refractivity contribution in [2.75, 3.05) is 14.2 Å². The molecular weight excluding hydrogens is 196 g/mol. The summed E-state index contributed by atoms with van der Waals surface area (Å²) in [5, 5.41) is 10.4. The fraction of sp³-hybridized carbons (Fsp3) is 0.200. The van der Waals surface area contributed by atoms with Gasteiger partial charge in [0.2, 0.25) is 0 Å². The number of nitrogens with one attached hydrogen (secondary N) is 1. The molecule has 0 atom stereocenters. The van der Waals surface area contributed by atoms with Crippen LogP contribution >= 0.6 is 0 Å². The van der Waals surface area contributed by atoms with E-state index in [0.717, 1.165) is 0 Å². The van der Waals surface area contributed by atoms with Gasteiger partial charge in [0.05, 0.1) is 14.2 Å². The maximum atomic E-state index is 11.5. The summed E-state index contributed by atoms with van der Waals surface area (Å²) in [5.74, 6) is 0.177. The lowest BCUT2D eigenvalue weighted by atomic mass is 10.1. The second-order valence-electron chi connectivity index (χ2n) is 2.60. The van der Waals surface area contributed by atoms with Gasteiger partial charge >= 0.3 is 0 Å².